The Hall–Kier alpha value is 0.0800. The van der Waals surface area contributed by atoms with Crippen LogP contribution in [0.2, 0.25) is 5.15 Å². The van der Waals surface area contributed by atoms with Crippen molar-refractivity contribution < 1.29 is 0 Å². The van der Waals surface area contributed by atoms with Crippen molar-refractivity contribution in [3.63, 3.8) is 0 Å². The SMILES string of the molecule is O=c1c(I)c(Cl)ncn1Cc1sccc1Br. The molecule has 0 aliphatic rings. The van der Waals surface area contributed by atoms with Crippen LogP contribution in [0.15, 0.2) is 27.0 Å². The molecular formula is C9H5BrClIN2OS. The Balaban J connectivity index is 2.40. The summed E-state index contributed by atoms with van der Waals surface area (Å²) in [6, 6.07) is 1.96. The van der Waals surface area contributed by atoms with Crippen LogP contribution in [-0.2, 0) is 6.54 Å². The van der Waals surface area contributed by atoms with E-state index in [0.29, 0.717) is 10.1 Å². The Morgan fingerprint density at radius 2 is 2.38 bits per heavy atom. The van der Waals surface area contributed by atoms with Gasteiger partial charge in [-0.25, -0.2) is 4.98 Å². The molecule has 84 valence electrons. The highest BCUT2D eigenvalue weighted by atomic mass is 127. The second-order valence-corrected chi connectivity index (χ2v) is 6.27. The summed E-state index contributed by atoms with van der Waals surface area (Å²) >= 11 is 12.7. The number of thiophene rings is 1. The first-order valence-corrected chi connectivity index (χ1v) is 7.35. The highest BCUT2D eigenvalue weighted by Crippen LogP contribution is 2.23. The van der Waals surface area contributed by atoms with Gasteiger partial charge in [0.2, 0.25) is 0 Å². The van der Waals surface area contributed by atoms with Gasteiger partial charge in [0.15, 0.2) is 0 Å². The standard InChI is InChI=1S/C9H5BrClIN2OS/c10-5-1-2-16-6(5)3-14-4-13-8(11)7(12)9(14)15/h1-2,4H,3H2. The van der Waals surface area contributed by atoms with Crippen LogP contribution in [-0.4, -0.2) is 9.55 Å². The molecule has 7 heteroatoms. The minimum absolute atomic E-state index is 0.110. The minimum Gasteiger partial charge on any atom is -0.293 e. The van der Waals surface area contributed by atoms with Crippen molar-refractivity contribution in [1.29, 1.82) is 0 Å². The smallest absolute Gasteiger partial charge is 0.268 e. The molecule has 0 fully saturated rings. The van der Waals surface area contributed by atoms with Crippen LogP contribution in [0.1, 0.15) is 4.88 Å². The normalized spacial score (nSPS) is 10.7. The average Bonchev–Trinajstić information content (AvgIpc) is 2.65. The minimum atomic E-state index is -0.110. The Bertz CT molecular complexity index is 583. The largest absolute Gasteiger partial charge is 0.293 e. The van der Waals surface area contributed by atoms with Crippen molar-refractivity contribution in [2.24, 2.45) is 0 Å². The monoisotopic (exact) mass is 430 g/mol. The Morgan fingerprint density at radius 1 is 1.62 bits per heavy atom. The maximum Gasteiger partial charge on any atom is 0.268 e. The van der Waals surface area contributed by atoms with Crippen LogP contribution in [0.25, 0.3) is 0 Å². The summed E-state index contributed by atoms with van der Waals surface area (Å²) in [5, 5.41) is 2.23. The van der Waals surface area contributed by atoms with E-state index in [9.17, 15) is 4.79 Å². The van der Waals surface area contributed by atoms with Gasteiger partial charge in [-0.2, -0.15) is 0 Å². The average molecular weight is 431 g/mol. The quantitative estimate of drug-likeness (QED) is 0.540. The lowest BCUT2D eigenvalue weighted by atomic mass is 10.4. The molecular weight excluding hydrogens is 426 g/mol. The molecule has 16 heavy (non-hydrogen) atoms. The first-order valence-electron chi connectivity index (χ1n) is 4.22. The van der Waals surface area contributed by atoms with E-state index in [1.165, 1.54) is 6.33 Å². The van der Waals surface area contributed by atoms with Crippen molar-refractivity contribution in [1.82, 2.24) is 9.55 Å². The van der Waals surface area contributed by atoms with E-state index in [-0.39, 0.29) is 10.7 Å². The second-order valence-electron chi connectivity index (χ2n) is 2.97. The fourth-order valence-electron chi connectivity index (χ4n) is 1.15. The van der Waals surface area contributed by atoms with Crippen LogP contribution < -0.4 is 5.56 Å². The first kappa shape index (κ1) is 12.5. The van der Waals surface area contributed by atoms with Gasteiger partial charge in [0, 0.05) is 9.35 Å². The van der Waals surface area contributed by atoms with Gasteiger partial charge in [0.1, 0.15) is 8.72 Å². The van der Waals surface area contributed by atoms with Crippen LogP contribution in [0.3, 0.4) is 0 Å². The number of nitrogens with zero attached hydrogens (tertiary/aromatic N) is 2. The fraction of sp³-hybridized carbons (Fsp3) is 0.111. The van der Waals surface area contributed by atoms with Gasteiger partial charge in [-0.05, 0) is 50.0 Å². The maximum absolute atomic E-state index is 11.8. The predicted molar refractivity (Wildman–Crippen MR) is 77.3 cm³/mol. The number of halogens is 3. The number of rotatable bonds is 2. The molecule has 0 aromatic carbocycles. The van der Waals surface area contributed by atoms with Crippen molar-refractivity contribution >= 4 is 61.5 Å². The zero-order valence-corrected chi connectivity index (χ0v) is 13.1. The Morgan fingerprint density at radius 3 is 3.00 bits per heavy atom. The molecule has 0 spiro atoms. The lowest BCUT2D eigenvalue weighted by molar-refractivity contribution is 0.737. The second kappa shape index (κ2) is 5.16. The van der Waals surface area contributed by atoms with E-state index in [1.807, 2.05) is 34.0 Å². The van der Waals surface area contributed by atoms with Gasteiger partial charge in [-0.1, -0.05) is 11.6 Å². The molecule has 0 bridgehead atoms. The van der Waals surface area contributed by atoms with E-state index in [0.717, 1.165) is 9.35 Å². The maximum atomic E-state index is 11.8. The molecule has 3 nitrogen and oxygen atoms in total. The van der Waals surface area contributed by atoms with Crippen LogP contribution >= 0.6 is 61.5 Å². The molecule has 0 atom stereocenters. The van der Waals surface area contributed by atoms with Gasteiger partial charge < -0.3 is 0 Å². The van der Waals surface area contributed by atoms with Crippen molar-refractivity contribution in [2.45, 2.75) is 6.54 Å². The summed E-state index contributed by atoms with van der Waals surface area (Å²) in [6.07, 6.45) is 1.47. The molecule has 2 aromatic heterocycles. The summed E-state index contributed by atoms with van der Waals surface area (Å²) < 4.78 is 3.01. The highest BCUT2D eigenvalue weighted by Gasteiger charge is 2.09. The van der Waals surface area contributed by atoms with E-state index in [2.05, 4.69) is 20.9 Å². The summed E-state index contributed by atoms with van der Waals surface area (Å²) in [7, 11) is 0. The molecule has 0 saturated carbocycles. The third kappa shape index (κ3) is 2.49. The third-order valence-corrected chi connectivity index (χ3v) is 5.43. The molecule has 2 heterocycles. The zero-order chi connectivity index (χ0) is 11.7. The van der Waals surface area contributed by atoms with Crippen molar-refractivity contribution in [3.8, 4) is 0 Å². The van der Waals surface area contributed by atoms with Gasteiger partial charge in [-0.3, -0.25) is 9.36 Å². The number of hydrogen-bond donors (Lipinski definition) is 0. The molecule has 2 aromatic rings. The molecule has 0 saturated heterocycles. The van der Waals surface area contributed by atoms with E-state index >= 15 is 0 Å². The molecule has 0 unspecified atom stereocenters. The van der Waals surface area contributed by atoms with Gasteiger partial charge >= 0.3 is 0 Å². The molecule has 0 aliphatic carbocycles. The van der Waals surface area contributed by atoms with E-state index in [4.69, 9.17) is 11.6 Å². The molecule has 0 amide bonds. The van der Waals surface area contributed by atoms with Crippen LogP contribution in [0.4, 0.5) is 0 Å². The Kier molecular flexibility index (Phi) is 4.04. The van der Waals surface area contributed by atoms with Crippen LogP contribution in [0.5, 0.6) is 0 Å². The fourth-order valence-corrected chi connectivity index (χ4v) is 3.20. The lowest BCUT2D eigenvalue weighted by Gasteiger charge is -2.05. The van der Waals surface area contributed by atoms with Crippen molar-refractivity contribution in [2.75, 3.05) is 0 Å². The summed E-state index contributed by atoms with van der Waals surface area (Å²) in [4.78, 5) is 16.9. The van der Waals surface area contributed by atoms with Crippen LogP contribution in [0, 0.1) is 3.57 Å². The van der Waals surface area contributed by atoms with E-state index < -0.39 is 0 Å². The van der Waals surface area contributed by atoms with Gasteiger partial charge in [0.05, 0.1) is 12.9 Å². The first-order chi connectivity index (χ1) is 7.59. The summed E-state index contributed by atoms with van der Waals surface area (Å²) in [5.41, 5.74) is -0.110. The lowest BCUT2D eigenvalue weighted by Crippen LogP contribution is -2.23. The molecule has 2 rings (SSSR count). The summed E-state index contributed by atoms with van der Waals surface area (Å²) in [5.74, 6) is 0. The zero-order valence-electron chi connectivity index (χ0n) is 7.78. The topological polar surface area (TPSA) is 34.9 Å². The van der Waals surface area contributed by atoms with Crippen molar-refractivity contribution in [3.05, 3.63) is 46.2 Å². The molecule has 0 N–H and O–H groups in total. The third-order valence-electron chi connectivity index (χ3n) is 1.95. The number of hydrogen-bond acceptors (Lipinski definition) is 3. The number of aromatic nitrogens is 2. The van der Waals surface area contributed by atoms with Gasteiger partial charge in [-0.15, -0.1) is 11.3 Å². The predicted octanol–water partition coefficient (Wildman–Crippen LogP) is 3.37. The summed E-state index contributed by atoms with van der Waals surface area (Å²) in [6.45, 7) is 0.511. The molecule has 0 radical (unpaired) electrons. The Labute approximate surface area is 123 Å². The van der Waals surface area contributed by atoms with E-state index in [1.54, 1.807) is 15.9 Å². The van der Waals surface area contributed by atoms with Gasteiger partial charge in [0.25, 0.3) is 5.56 Å². The highest BCUT2D eigenvalue weighted by molar-refractivity contribution is 14.1. The molecule has 0 aliphatic heterocycles.